The van der Waals surface area contributed by atoms with Crippen molar-refractivity contribution in [1.29, 1.82) is 0 Å². The second-order valence-electron chi connectivity index (χ2n) is 6.72. The number of nitrogens with zero attached hydrogens (tertiary/aromatic N) is 3. The Kier molecular flexibility index (Phi) is 3.39. The molecule has 1 aromatic carbocycles. The van der Waals surface area contributed by atoms with E-state index in [1.165, 1.54) is 12.1 Å². The molecule has 128 valence electrons. The first kappa shape index (κ1) is 16.6. The SMILES string of the molecule is CC1(C)OC(C)(C)c2c1nnc(-c1cccc(C(F)(F)F)c1)[n+]2[O-]. The van der Waals surface area contributed by atoms with Gasteiger partial charge < -0.3 is 9.94 Å². The van der Waals surface area contributed by atoms with Crippen molar-refractivity contribution in [2.75, 3.05) is 0 Å². The number of alkyl halides is 3. The van der Waals surface area contributed by atoms with Gasteiger partial charge in [0.25, 0.3) is 0 Å². The van der Waals surface area contributed by atoms with E-state index in [2.05, 4.69) is 10.2 Å². The fourth-order valence-corrected chi connectivity index (χ4v) is 3.07. The molecule has 0 spiro atoms. The highest BCUT2D eigenvalue weighted by Gasteiger charge is 2.50. The maximum absolute atomic E-state index is 12.9. The maximum atomic E-state index is 12.9. The van der Waals surface area contributed by atoms with Crippen LogP contribution in [0.5, 0.6) is 0 Å². The zero-order valence-electron chi connectivity index (χ0n) is 13.6. The summed E-state index contributed by atoms with van der Waals surface area (Å²) >= 11 is 0. The monoisotopic (exact) mass is 339 g/mol. The number of fused-ring (bicyclic) bond motifs is 1. The van der Waals surface area contributed by atoms with Crippen molar-refractivity contribution in [3.05, 3.63) is 46.4 Å². The number of hydrogen-bond acceptors (Lipinski definition) is 4. The Balaban J connectivity index is 2.20. The van der Waals surface area contributed by atoms with Crippen molar-refractivity contribution < 1.29 is 22.6 Å². The minimum atomic E-state index is -4.50. The molecule has 0 saturated heterocycles. The lowest BCUT2D eigenvalue weighted by atomic mass is 10.0. The zero-order valence-corrected chi connectivity index (χ0v) is 13.6. The summed E-state index contributed by atoms with van der Waals surface area (Å²) in [6.07, 6.45) is -4.50. The average molecular weight is 339 g/mol. The van der Waals surface area contributed by atoms with Crippen LogP contribution >= 0.6 is 0 Å². The fraction of sp³-hybridized carbons (Fsp3) is 0.438. The quantitative estimate of drug-likeness (QED) is 0.591. The molecule has 8 heteroatoms. The molecular weight excluding hydrogens is 323 g/mol. The lowest BCUT2D eigenvalue weighted by Crippen LogP contribution is -2.42. The number of halogens is 3. The van der Waals surface area contributed by atoms with E-state index in [1.54, 1.807) is 27.7 Å². The minimum Gasteiger partial charge on any atom is -0.710 e. The topological polar surface area (TPSA) is 62.0 Å². The van der Waals surface area contributed by atoms with E-state index >= 15 is 0 Å². The van der Waals surface area contributed by atoms with E-state index < -0.39 is 22.9 Å². The van der Waals surface area contributed by atoms with E-state index in [9.17, 15) is 18.4 Å². The van der Waals surface area contributed by atoms with Crippen molar-refractivity contribution in [3.8, 4) is 11.4 Å². The maximum Gasteiger partial charge on any atom is 0.416 e. The van der Waals surface area contributed by atoms with Crippen molar-refractivity contribution >= 4 is 0 Å². The van der Waals surface area contributed by atoms with Gasteiger partial charge in [0.15, 0.2) is 11.4 Å². The van der Waals surface area contributed by atoms with Crippen LogP contribution < -0.4 is 4.73 Å². The molecule has 5 nitrogen and oxygen atoms in total. The second-order valence-corrected chi connectivity index (χ2v) is 6.72. The van der Waals surface area contributed by atoms with Crippen LogP contribution in [0.1, 0.15) is 44.6 Å². The average Bonchev–Trinajstić information content (AvgIpc) is 2.64. The number of rotatable bonds is 1. The molecule has 1 aromatic heterocycles. The molecule has 0 amide bonds. The molecule has 1 aliphatic rings. The van der Waals surface area contributed by atoms with Crippen LogP contribution in [-0.4, -0.2) is 10.2 Å². The van der Waals surface area contributed by atoms with Gasteiger partial charge in [-0.15, -0.1) is 0 Å². The predicted molar refractivity (Wildman–Crippen MR) is 78.6 cm³/mol. The Morgan fingerprint density at radius 2 is 1.75 bits per heavy atom. The highest BCUT2D eigenvalue weighted by atomic mass is 19.4. The summed E-state index contributed by atoms with van der Waals surface area (Å²) < 4.78 is 45.0. The molecule has 0 atom stereocenters. The van der Waals surface area contributed by atoms with Gasteiger partial charge in [0.1, 0.15) is 11.2 Å². The number of ether oxygens (including phenoxy) is 1. The molecule has 24 heavy (non-hydrogen) atoms. The lowest BCUT2D eigenvalue weighted by molar-refractivity contribution is -0.612. The van der Waals surface area contributed by atoms with Gasteiger partial charge in [0.05, 0.1) is 16.2 Å². The highest BCUT2D eigenvalue weighted by Crippen LogP contribution is 2.44. The molecule has 1 aliphatic heterocycles. The Bertz CT molecular complexity index is 817. The van der Waals surface area contributed by atoms with Crippen LogP contribution in [0.25, 0.3) is 11.4 Å². The third-order valence-electron chi connectivity index (χ3n) is 3.96. The van der Waals surface area contributed by atoms with Gasteiger partial charge in [-0.1, -0.05) is 6.07 Å². The molecule has 0 radical (unpaired) electrons. The number of benzene rings is 1. The first-order chi connectivity index (χ1) is 10.9. The molecule has 0 fully saturated rings. The predicted octanol–water partition coefficient (Wildman–Crippen LogP) is 3.30. The molecular formula is C16H16F3N3O2. The van der Waals surface area contributed by atoms with E-state index in [4.69, 9.17) is 4.74 Å². The Morgan fingerprint density at radius 1 is 1.08 bits per heavy atom. The number of hydrogen-bond donors (Lipinski definition) is 0. The van der Waals surface area contributed by atoms with Crippen LogP contribution in [0.15, 0.2) is 24.3 Å². The number of aromatic nitrogens is 3. The van der Waals surface area contributed by atoms with Gasteiger partial charge >= 0.3 is 12.0 Å². The van der Waals surface area contributed by atoms with Crippen molar-refractivity contribution in [2.24, 2.45) is 0 Å². The Labute approximate surface area is 136 Å². The van der Waals surface area contributed by atoms with E-state index in [1.807, 2.05) is 0 Å². The van der Waals surface area contributed by atoms with Crippen LogP contribution in [0, 0.1) is 5.21 Å². The summed E-state index contributed by atoms with van der Waals surface area (Å²) in [6, 6.07) is 4.46. The summed E-state index contributed by atoms with van der Waals surface area (Å²) in [6.45, 7) is 6.96. The molecule has 3 rings (SSSR count). The molecule has 0 N–H and O–H groups in total. The molecule has 0 bridgehead atoms. The summed E-state index contributed by atoms with van der Waals surface area (Å²) in [5.41, 5.74) is -1.88. The van der Waals surface area contributed by atoms with E-state index in [0.29, 0.717) is 10.4 Å². The second kappa shape index (κ2) is 4.89. The summed E-state index contributed by atoms with van der Waals surface area (Å²) in [5, 5.41) is 20.7. The summed E-state index contributed by atoms with van der Waals surface area (Å²) in [5.74, 6) is -0.186. The van der Waals surface area contributed by atoms with Crippen LogP contribution in [0.2, 0.25) is 0 Å². The van der Waals surface area contributed by atoms with Crippen molar-refractivity contribution in [2.45, 2.75) is 45.1 Å². The Hall–Kier alpha value is -2.22. The smallest absolute Gasteiger partial charge is 0.416 e. The van der Waals surface area contributed by atoms with E-state index in [0.717, 1.165) is 12.1 Å². The van der Waals surface area contributed by atoms with Gasteiger partial charge in [-0.2, -0.15) is 13.2 Å². The standard InChI is InChI=1S/C16H16F3N3O2/c1-14(2)11-12(15(3,4)24-14)22(23)13(21-20-11)9-6-5-7-10(8-9)16(17,18)19/h5-8H,1-4H3. The van der Waals surface area contributed by atoms with Crippen LogP contribution in [0.3, 0.4) is 0 Å². The lowest BCUT2D eigenvalue weighted by Gasteiger charge is -2.23. The van der Waals surface area contributed by atoms with Crippen LogP contribution in [0.4, 0.5) is 13.2 Å². The minimum absolute atomic E-state index is 0.0515. The van der Waals surface area contributed by atoms with Gasteiger partial charge in [-0.3, -0.25) is 0 Å². The molecule has 2 heterocycles. The normalized spacial score (nSPS) is 18.5. The van der Waals surface area contributed by atoms with Crippen LogP contribution in [-0.2, 0) is 22.1 Å². The first-order valence-corrected chi connectivity index (χ1v) is 7.32. The third kappa shape index (κ3) is 2.50. The van der Waals surface area contributed by atoms with E-state index in [-0.39, 0.29) is 17.1 Å². The summed E-state index contributed by atoms with van der Waals surface area (Å²) in [7, 11) is 0. The first-order valence-electron chi connectivity index (χ1n) is 7.32. The van der Waals surface area contributed by atoms with Crippen molar-refractivity contribution in [1.82, 2.24) is 10.2 Å². The zero-order chi connectivity index (χ0) is 17.9. The third-order valence-corrected chi connectivity index (χ3v) is 3.96. The van der Waals surface area contributed by atoms with Gasteiger partial charge in [0.2, 0.25) is 0 Å². The highest BCUT2D eigenvalue weighted by molar-refractivity contribution is 5.54. The molecule has 0 unspecified atom stereocenters. The molecule has 0 aliphatic carbocycles. The molecule has 2 aromatic rings. The van der Waals surface area contributed by atoms with Gasteiger partial charge in [-0.05, 0) is 51.0 Å². The largest absolute Gasteiger partial charge is 0.710 e. The summed E-state index contributed by atoms with van der Waals surface area (Å²) in [4.78, 5) is 0. The van der Waals surface area contributed by atoms with Gasteiger partial charge in [0, 0.05) is 0 Å². The Morgan fingerprint density at radius 3 is 2.38 bits per heavy atom. The fourth-order valence-electron chi connectivity index (χ4n) is 3.07. The van der Waals surface area contributed by atoms with Crippen molar-refractivity contribution in [3.63, 3.8) is 0 Å². The molecule has 0 saturated carbocycles. The van der Waals surface area contributed by atoms with Gasteiger partial charge in [-0.25, -0.2) is 4.73 Å².